The standard InChI is InChI=1S/C16H23N3O/c1-18-9-11-19(12-10-18)8-2-3-13-20-16-6-4-15(14-17)5-7-16/h4-7H,2-3,8-13H2,1H3. The van der Waals surface area contributed by atoms with Crippen molar-refractivity contribution in [2.45, 2.75) is 12.8 Å². The van der Waals surface area contributed by atoms with Gasteiger partial charge in [0.1, 0.15) is 5.75 Å². The maximum absolute atomic E-state index is 8.72. The van der Waals surface area contributed by atoms with E-state index in [1.54, 1.807) is 12.1 Å². The second-order valence-electron chi connectivity index (χ2n) is 5.34. The molecule has 0 spiro atoms. The summed E-state index contributed by atoms with van der Waals surface area (Å²) in [4.78, 5) is 4.91. The molecule has 0 bridgehead atoms. The van der Waals surface area contributed by atoms with Crippen LogP contribution in [0.5, 0.6) is 5.75 Å². The molecule has 1 fully saturated rings. The minimum Gasteiger partial charge on any atom is -0.494 e. The number of ether oxygens (including phenoxy) is 1. The highest BCUT2D eigenvalue weighted by molar-refractivity contribution is 5.34. The van der Waals surface area contributed by atoms with Crippen molar-refractivity contribution in [3.05, 3.63) is 29.8 Å². The quantitative estimate of drug-likeness (QED) is 0.743. The molecule has 4 heteroatoms. The van der Waals surface area contributed by atoms with E-state index in [1.165, 1.54) is 39.1 Å². The van der Waals surface area contributed by atoms with E-state index in [0.717, 1.165) is 18.8 Å². The van der Waals surface area contributed by atoms with Crippen molar-refractivity contribution in [3.63, 3.8) is 0 Å². The molecule has 0 aromatic heterocycles. The third-order valence-electron chi connectivity index (χ3n) is 3.72. The van der Waals surface area contributed by atoms with Crippen LogP contribution in [0.15, 0.2) is 24.3 Å². The zero-order chi connectivity index (χ0) is 14.2. The summed E-state index contributed by atoms with van der Waals surface area (Å²) in [7, 11) is 2.18. The summed E-state index contributed by atoms with van der Waals surface area (Å²) in [6.45, 7) is 6.66. The van der Waals surface area contributed by atoms with E-state index in [-0.39, 0.29) is 0 Å². The Morgan fingerprint density at radius 3 is 2.45 bits per heavy atom. The minimum absolute atomic E-state index is 0.674. The SMILES string of the molecule is CN1CCN(CCCCOc2ccc(C#N)cc2)CC1. The first-order valence-corrected chi connectivity index (χ1v) is 7.32. The van der Waals surface area contributed by atoms with Gasteiger partial charge in [-0.2, -0.15) is 5.26 Å². The van der Waals surface area contributed by atoms with E-state index >= 15 is 0 Å². The lowest BCUT2D eigenvalue weighted by Crippen LogP contribution is -2.44. The van der Waals surface area contributed by atoms with Crippen LogP contribution < -0.4 is 4.74 Å². The molecule has 0 atom stereocenters. The van der Waals surface area contributed by atoms with Gasteiger partial charge in [0.05, 0.1) is 18.2 Å². The average molecular weight is 273 g/mol. The van der Waals surface area contributed by atoms with Gasteiger partial charge >= 0.3 is 0 Å². The molecule has 1 aromatic rings. The lowest BCUT2D eigenvalue weighted by atomic mass is 10.2. The monoisotopic (exact) mass is 273 g/mol. The predicted molar refractivity (Wildman–Crippen MR) is 79.8 cm³/mol. The molecule has 2 rings (SSSR count). The van der Waals surface area contributed by atoms with E-state index in [9.17, 15) is 0 Å². The third kappa shape index (κ3) is 4.84. The first-order chi connectivity index (χ1) is 9.78. The molecular formula is C16H23N3O. The van der Waals surface area contributed by atoms with Crippen molar-refractivity contribution in [2.24, 2.45) is 0 Å². The van der Waals surface area contributed by atoms with E-state index in [1.807, 2.05) is 12.1 Å². The highest BCUT2D eigenvalue weighted by Gasteiger charge is 2.12. The smallest absolute Gasteiger partial charge is 0.119 e. The number of rotatable bonds is 6. The number of nitriles is 1. The molecule has 0 unspecified atom stereocenters. The van der Waals surface area contributed by atoms with Crippen LogP contribution in [-0.4, -0.2) is 56.2 Å². The van der Waals surface area contributed by atoms with Crippen molar-refractivity contribution in [3.8, 4) is 11.8 Å². The summed E-state index contributed by atoms with van der Waals surface area (Å²) >= 11 is 0. The molecule has 1 aliphatic rings. The van der Waals surface area contributed by atoms with Crippen LogP contribution >= 0.6 is 0 Å². The van der Waals surface area contributed by atoms with Crippen molar-refractivity contribution in [2.75, 3.05) is 46.4 Å². The van der Waals surface area contributed by atoms with Gasteiger partial charge in [-0.1, -0.05) is 0 Å². The number of hydrogen-bond acceptors (Lipinski definition) is 4. The summed E-state index contributed by atoms with van der Waals surface area (Å²) in [5.41, 5.74) is 0.674. The van der Waals surface area contributed by atoms with Crippen LogP contribution in [0.25, 0.3) is 0 Å². The van der Waals surface area contributed by atoms with Gasteiger partial charge in [0.25, 0.3) is 0 Å². The number of hydrogen-bond donors (Lipinski definition) is 0. The van der Waals surface area contributed by atoms with Gasteiger partial charge in [0, 0.05) is 26.2 Å². The Labute approximate surface area is 121 Å². The summed E-state index contributed by atoms with van der Waals surface area (Å²) in [5, 5.41) is 8.72. The van der Waals surface area contributed by atoms with E-state index in [0.29, 0.717) is 5.56 Å². The number of nitrogens with zero attached hydrogens (tertiary/aromatic N) is 3. The van der Waals surface area contributed by atoms with Crippen LogP contribution in [0.1, 0.15) is 18.4 Å². The van der Waals surface area contributed by atoms with E-state index in [2.05, 4.69) is 22.9 Å². The third-order valence-corrected chi connectivity index (χ3v) is 3.72. The molecule has 0 amide bonds. The summed E-state index contributed by atoms with van der Waals surface area (Å²) in [6.07, 6.45) is 2.26. The predicted octanol–water partition coefficient (Wildman–Crippen LogP) is 1.96. The van der Waals surface area contributed by atoms with Crippen LogP contribution in [-0.2, 0) is 0 Å². The molecule has 4 nitrogen and oxygen atoms in total. The zero-order valence-corrected chi connectivity index (χ0v) is 12.2. The Bertz CT molecular complexity index is 430. The Kier molecular flexibility index (Phi) is 5.85. The fraction of sp³-hybridized carbons (Fsp3) is 0.562. The van der Waals surface area contributed by atoms with E-state index < -0.39 is 0 Å². The second kappa shape index (κ2) is 7.88. The molecular weight excluding hydrogens is 250 g/mol. The highest BCUT2D eigenvalue weighted by Crippen LogP contribution is 2.12. The lowest BCUT2D eigenvalue weighted by Gasteiger charge is -2.32. The Morgan fingerprint density at radius 2 is 1.80 bits per heavy atom. The maximum Gasteiger partial charge on any atom is 0.119 e. The number of benzene rings is 1. The van der Waals surface area contributed by atoms with Gasteiger partial charge in [-0.3, -0.25) is 0 Å². The van der Waals surface area contributed by atoms with Gasteiger partial charge < -0.3 is 14.5 Å². The molecule has 1 aliphatic heterocycles. The normalized spacial score (nSPS) is 16.8. The van der Waals surface area contributed by atoms with Crippen molar-refractivity contribution >= 4 is 0 Å². The van der Waals surface area contributed by atoms with Gasteiger partial charge in [0.2, 0.25) is 0 Å². The largest absolute Gasteiger partial charge is 0.494 e. The van der Waals surface area contributed by atoms with Crippen molar-refractivity contribution < 1.29 is 4.74 Å². The van der Waals surface area contributed by atoms with Gasteiger partial charge in [-0.15, -0.1) is 0 Å². The molecule has 0 aliphatic carbocycles. The summed E-state index contributed by atoms with van der Waals surface area (Å²) < 4.78 is 5.68. The van der Waals surface area contributed by atoms with Crippen LogP contribution in [0, 0.1) is 11.3 Å². The Hall–Kier alpha value is -1.57. The van der Waals surface area contributed by atoms with Gasteiger partial charge in [-0.05, 0) is 50.7 Å². The zero-order valence-electron chi connectivity index (χ0n) is 12.2. The lowest BCUT2D eigenvalue weighted by molar-refractivity contribution is 0.150. The van der Waals surface area contributed by atoms with Crippen molar-refractivity contribution in [1.82, 2.24) is 9.80 Å². The van der Waals surface area contributed by atoms with Crippen molar-refractivity contribution in [1.29, 1.82) is 5.26 Å². The number of likely N-dealkylation sites (N-methyl/N-ethyl adjacent to an activating group) is 1. The maximum atomic E-state index is 8.72. The number of piperazine rings is 1. The summed E-state index contributed by atoms with van der Waals surface area (Å²) in [6, 6.07) is 9.41. The molecule has 0 radical (unpaired) electrons. The van der Waals surface area contributed by atoms with Gasteiger partial charge in [-0.25, -0.2) is 0 Å². The highest BCUT2D eigenvalue weighted by atomic mass is 16.5. The van der Waals surface area contributed by atoms with Crippen LogP contribution in [0.2, 0.25) is 0 Å². The molecule has 108 valence electrons. The molecule has 20 heavy (non-hydrogen) atoms. The molecule has 1 aromatic carbocycles. The number of unbranched alkanes of at least 4 members (excludes halogenated alkanes) is 1. The first-order valence-electron chi connectivity index (χ1n) is 7.32. The Balaban J connectivity index is 1.56. The second-order valence-corrected chi connectivity index (χ2v) is 5.34. The van der Waals surface area contributed by atoms with E-state index in [4.69, 9.17) is 10.00 Å². The fourth-order valence-electron chi connectivity index (χ4n) is 2.32. The minimum atomic E-state index is 0.674. The van der Waals surface area contributed by atoms with Crippen LogP contribution in [0.3, 0.4) is 0 Å². The molecule has 1 saturated heterocycles. The fourth-order valence-corrected chi connectivity index (χ4v) is 2.32. The molecule has 0 N–H and O–H groups in total. The topological polar surface area (TPSA) is 39.5 Å². The van der Waals surface area contributed by atoms with Gasteiger partial charge in [0.15, 0.2) is 0 Å². The summed E-state index contributed by atoms with van der Waals surface area (Å²) in [5.74, 6) is 0.851. The molecule has 1 heterocycles. The van der Waals surface area contributed by atoms with Crippen LogP contribution in [0.4, 0.5) is 0 Å². The Morgan fingerprint density at radius 1 is 1.10 bits per heavy atom. The first kappa shape index (κ1) is 14.8. The molecule has 0 saturated carbocycles. The average Bonchev–Trinajstić information content (AvgIpc) is 2.49.